The van der Waals surface area contributed by atoms with E-state index in [1.807, 2.05) is 6.07 Å². The van der Waals surface area contributed by atoms with Gasteiger partial charge in [0.25, 0.3) is 5.69 Å². The number of esters is 2. The number of aliphatic imine (C=N–C) groups is 1. The second kappa shape index (κ2) is 9.67. The number of hydrogen-bond donors (Lipinski definition) is 0. The highest BCUT2D eigenvalue weighted by Crippen LogP contribution is 2.31. The summed E-state index contributed by atoms with van der Waals surface area (Å²) in [4.78, 5) is 39.2. The number of halogens is 1. The summed E-state index contributed by atoms with van der Waals surface area (Å²) < 4.78 is 16.8. The number of ether oxygens (including phenoxy) is 3. The molecule has 0 bridgehead atoms. The molecule has 0 aliphatic carbocycles. The molecule has 3 aromatic rings. The Morgan fingerprint density at radius 2 is 1.85 bits per heavy atom. The SMILES string of the molecule is COc1cc(/C=C2\N=C(c3cccc(Br)c3)OC2=O)ccc1OC(=O)c1ccc([N+](=O)[O-])cc1. The summed E-state index contributed by atoms with van der Waals surface area (Å²) in [6, 6.07) is 16.9. The zero-order valence-corrected chi connectivity index (χ0v) is 19.1. The van der Waals surface area contributed by atoms with Crippen molar-refractivity contribution in [2.24, 2.45) is 4.99 Å². The molecular formula is C24H15BrN2O7. The number of nitro benzene ring substituents is 1. The van der Waals surface area contributed by atoms with E-state index in [2.05, 4.69) is 20.9 Å². The maximum absolute atomic E-state index is 12.4. The number of rotatable bonds is 6. The molecule has 4 rings (SSSR count). The van der Waals surface area contributed by atoms with Crippen molar-refractivity contribution in [2.45, 2.75) is 0 Å². The van der Waals surface area contributed by atoms with Crippen LogP contribution in [-0.2, 0) is 9.53 Å². The monoisotopic (exact) mass is 522 g/mol. The van der Waals surface area contributed by atoms with E-state index >= 15 is 0 Å². The molecule has 1 aliphatic heterocycles. The summed E-state index contributed by atoms with van der Waals surface area (Å²) in [5, 5.41) is 10.8. The second-order valence-electron chi connectivity index (χ2n) is 6.95. The van der Waals surface area contributed by atoms with Gasteiger partial charge in [0.2, 0.25) is 5.90 Å². The van der Waals surface area contributed by atoms with Crippen molar-refractivity contribution in [3.8, 4) is 11.5 Å². The Bertz CT molecular complexity index is 1360. The van der Waals surface area contributed by atoms with Crippen LogP contribution >= 0.6 is 15.9 Å². The minimum Gasteiger partial charge on any atom is -0.493 e. The molecule has 34 heavy (non-hydrogen) atoms. The lowest BCUT2D eigenvalue weighted by Crippen LogP contribution is -2.09. The highest BCUT2D eigenvalue weighted by molar-refractivity contribution is 9.10. The third-order valence-corrected chi connectivity index (χ3v) is 5.19. The van der Waals surface area contributed by atoms with E-state index in [-0.39, 0.29) is 34.3 Å². The average molecular weight is 523 g/mol. The van der Waals surface area contributed by atoms with E-state index in [1.54, 1.807) is 30.3 Å². The first-order valence-corrected chi connectivity index (χ1v) is 10.6. The van der Waals surface area contributed by atoms with Crippen LogP contribution in [0.1, 0.15) is 21.5 Å². The fourth-order valence-electron chi connectivity index (χ4n) is 3.05. The van der Waals surface area contributed by atoms with Crippen molar-refractivity contribution in [1.29, 1.82) is 0 Å². The van der Waals surface area contributed by atoms with Gasteiger partial charge < -0.3 is 14.2 Å². The molecule has 170 valence electrons. The Morgan fingerprint density at radius 1 is 1.09 bits per heavy atom. The van der Waals surface area contributed by atoms with Gasteiger partial charge in [0, 0.05) is 22.2 Å². The van der Waals surface area contributed by atoms with Gasteiger partial charge in [-0.3, -0.25) is 10.1 Å². The van der Waals surface area contributed by atoms with Crippen molar-refractivity contribution >= 4 is 45.5 Å². The predicted molar refractivity (Wildman–Crippen MR) is 126 cm³/mol. The van der Waals surface area contributed by atoms with Crippen LogP contribution in [0.5, 0.6) is 11.5 Å². The number of hydrogen-bond acceptors (Lipinski definition) is 8. The van der Waals surface area contributed by atoms with E-state index in [9.17, 15) is 19.7 Å². The molecule has 0 spiro atoms. The molecule has 10 heteroatoms. The summed E-state index contributed by atoms with van der Waals surface area (Å²) in [6.07, 6.45) is 1.53. The maximum atomic E-state index is 12.4. The maximum Gasteiger partial charge on any atom is 0.363 e. The van der Waals surface area contributed by atoms with Crippen LogP contribution < -0.4 is 9.47 Å². The topological polar surface area (TPSA) is 117 Å². The van der Waals surface area contributed by atoms with E-state index in [4.69, 9.17) is 14.2 Å². The summed E-state index contributed by atoms with van der Waals surface area (Å²) in [7, 11) is 1.41. The quantitative estimate of drug-likeness (QED) is 0.148. The van der Waals surface area contributed by atoms with Crippen LogP contribution in [0.15, 0.2) is 81.9 Å². The van der Waals surface area contributed by atoms with Crippen molar-refractivity contribution in [2.75, 3.05) is 7.11 Å². The van der Waals surface area contributed by atoms with Gasteiger partial charge in [-0.05, 0) is 54.1 Å². The number of nitro groups is 1. The van der Waals surface area contributed by atoms with Gasteiger partial charge in [0.05, 0.1) is 17.6 Å². The van der Waals surface area contributed by atoms with Crippen LogP contribution in [0.25, 0.3) is 6.08 Å². The Balaban J connectivity index is 1.55. The van der Waals surface area contributed by atoms with Crippen LogP contribution in [0, 0.1) is 10.1 Å². The minimum atomic E-state index is -0.707. The second-order valence-corrected chi connectivity index (χ2v) is 7.87. The average Bonchev–Trinajstić information content (AvgIpc) is 3.20. The Labute approximate surface area is 201 Å². The molecule has 0 amide bonds. The zero-order chi connectivity index (χ0) is 24.2. The van der Waals surface area contributed by atoms with Gasteiger partial charge in [-0.1, -0.05) is 28.1 Å². The molecule has 0 fully saturated rings. The molecule has 9 nitrogen and oxygen atoms in total. The number of benzene rings is 3. The molecular weight excluding hydrogens is 508 g/mol. The van der Waals surface area contributed by atoms with Gasteiger partial charge in [0.1, 0.15) is 0 Å². The zero-order valence-electron chi connectivity index (χ0n) is 17.6. The van der Waals surface area contributed by atoms with Gasteiger partial charge >= 0.3 is 11.9 Å². The molecule has 0 aromatic heterocycles. The normalized spacial score (nSPS) is 13.9. The van der Waals surface area contributed by atoms with Crippen LogP contribution in [0.3, 0.4) is 0 Å². The first-order valence-electron chi connectivity index (χ1n) is 9.77. The molecule has 0 radical (unpaired) electrons. The van der Waals surface area contributed by atoms with Crippen molar-refractivity contribution in [3.63, 3.8) is 0 Å². The molecule has 0 N–H and O–H groups in total. The summed E-state index contributed by atoms with van der Waals surface area (Å²) in [5.74, 6) is -0.727. The lowest BCUT2D eigenvalue weighted by Gasteiger charge is -2.10. The van der Waals surface area contributed by atoms with Crippen LogP contribution in [0.2, 0.25) is 0 Å². The molecule has 0 saturated heterocycles. The fourth-order valence-corrected chi connectivity index (χ4v) is 3.45. The highest BCUT2D eigenvalue weighted by atomic mass is 79.9. The minimum absolute atomic E-state index is 0.104. The molecule has 1 heterocycles. The third-order valence-electron chi connectivity index (χ3n) is 4.70. The molecule has 0 saturated carbocycles. The largest absolute Gasteiger partial charge is 0.493 e. The van der Waals surface area contributed by atoms with Gasteiger partial charge in [0.15, 0.2) is 17.2 Å². The molecule has 0 atom stereocenters. The number of carbonyl (C=O) groups is 2. The molecule has 1 aliphatic rings. The highest BCUT2D eigenvalue weighted by Gasteiger charge is 2.24. The summed E-state index contributed by atoms with van der Waals surface area (Å²) >= 11 is 3.37. The fraction of sp³-hybridized carbons (Fsp3) is 0.0417. The van der Waals surface area contributed by atoms with E-state index in [1.165, 1.54) is 43.5 Å². The van der Waals surface area contributed by atoms with Crippen molar-refractivity contribution in [3.05, 3.63) is 104 Å². The van der Waals surface area contributed by atoms with E-state index in [0.717, 1.165) is 4.47 Å². The lowest BCUT2D eigenvalue weighted by molar-refractivity contribution is -0.384. The predicted octanol–water partition coefficient (Wildman–Crippen LogP) is 4.93. The molecule has 0 unspecified atom stereocenters. The van der Waals surface area contributed by atoms with Crippen LogP contribution in [-0.4, -0.2) is 29.9 Å². The lowest BCUT2D eigenvalue weighted by atomic mass is 10.1. The van der Waals surface area contributed by atoms with Crippen molar-refractivity contribution in [1.82, 2.24) is 0 Å². The van der Waals surface area contributed by atoms with E-state index in [0.29, 0.717) is 11.1 Å². The van der Waals surface area contributed by atoms with Gasteiger partial charge in [-0.25, -0.2) is 14.6 Å². The Morgan fingerprint density at radius 3 is 2.53 bits per heavy atom. The number of methoxy groups -OCH3 is 1. The number of carbonyl (C=O) groups excluding carboxylic acids is 2. The number of cyclic esters (lactones) is 1. The van der Waals surface area contributed by atoms with E-state index < -0.39 is 16.9 Å². The first kappa shape index (κ1) is 22.9. The van der Waals surface area contributed by atoms with Crippen molar-refractivity contribution < 1.29 is 28.7 Å². The summed E-state index contributed by atoms with van der Waals surface area (Å²) in [6.45, 7) is 0. The Kier molecular flexibility index (Phi) is 6.51. The number of non-ortho nitro benzene ring substituents is 1. The smallest absolute Gasteiger partial charge is 0.363 e. The van der Waals surface area contributed by atoms with Crippen LogP contribution in [0.4, 0.5) is 5.69 Å². The molecule has 3 aromatic carbocycles. The van der Waals surface area contributed by atoms with Gasteiger partial charge in [-0.2, -0.15) is 0 Å². The van der Waals surface area contributed by atoms with Gasteiger partial charge in [-0.15, -0.1) is 0 Å². The number of nitrogens with zero attached hydrogens (tertiary/aromatic N) is 2. The third kappa shape index (κ3) is 5.02. The Hall–Kier alpha value is -4.31. The standard InChI is InChI=1S/C24H15BrN2O7/c1-32-21-12-14(11-19-24(29)34-22(26-19)16-3-2-4-17(25)13-16)5-10-20(21)33-23(28)15-6-8-18(9-7-15)27(30)31/h2-13H,1H3/b19-11-. The summed E-state index contributed by atoms with van der Waals surface area (Å²) in [5.41, 5.74) is 1.33. The first-order chi connectivity index (χ1) is 16.3.